The number of hydrogen-bond donors (Lipinski definition) is 0. The highest BCUT2D eigenvalue weighted by molar-refractivity contribution is 6.32. The maximum Gasteiger partial charge on any atom is 0.416 e. The van der Waals surface area contributed by atoms with Gasteiger partial charge in [0.15, 0.2) is 5.78 Å². The third kappa shape index (κ3) is 3.53. The predicted molar refractivity (Wildman–Crippen MR) is 104 cm³/mol. The summed E-state index contributed by atoms with van der Waals surface area (Å²) in [5.41, 5.74) is 2.09. The van der Waals surface area contributed by atoms with Gasteiger partial charge < -0.3 is 4.74 Å². The highest BCUT2D eigenvalue weighted by Gasteiger charge is 2.38. The van der Waals surface area contributed by atoms with E-state index in [2.05, 4.69) is 4.99 Å². The Morgan fingerprint density at radius 1 is 0.862 bits per heavy atom. The van der Waals surface area contributed by atoms with Crippen LogP contribution in [-0.4, -0.2) is 18.6 Å². The average Bonchev–Trinajstić information content (AvgIpc) is 3.00. The second-order valence-electron chi connectivity index (χ2n) is 6.66. The first-order chi connectivity index (χ1) is 13.9. The van der Waals surface area contributed by atoms with Gasteiger partial charge in [0, 0.05) is 11.1 Å². The van der Waals surface area contributed by atoms with Crippen molar-refractivity contribution < 1.29 is 22.7 Å². The van der Waals surface area contributed by atoms with Crippen molar-refractivity contribution in [2.45, 2.75) is 12.1 Å². The summed E-state index contributed by atoms with van der Waals surface area (Å²) < 4.78 is 43.9. The molecule has 0 aliphatic heterocycles. The number of ketones is 1. The zero-order valence-electron chi connectivity index (χ0n) is 15.4. The van der Waals surface area contributed by atoms with Gasteiger partial charge in [-0.05, 0) is 42.0 Å². The average molecular weight is 395 g/mol. The molecule has 3 nitrogen and oxygen atoms in total. The predicted octanol–water partition coefficient (Wildman–Crippen LogP) is 5.81. The Labute approximate surface area is 165 Å². The van der Waals surface area contributed by atoms with Crippen LogP contribution in [0.15, 0.2) is 77.8 Å². The SMILES string of the molecule is COc1ccc(N=C2c3ccccc3C(=O)C2c2ccc(C(F)(F)F)cc2)cc1. The Hall–Kier alpha value is -3.41. The van der Waals surface area contributed by atoms with Gasteiger partial charge in [0.1, 0.15) is 5.75 Å². The summed E-state index contributed by atoms with van der Waals surface area (Å²) >= 11 is 0. The van der Waals surface area contributed by atoms with Crippen molar-refractivity contribution in [3.05, 3.63) is 95.1 Å². The maximum absolute atomic E-state index is 13.1. The van der Waals surface area contributed by atoms with Crippen LogP contribution in [0.3, 0.4) is 0 Å². The first-order valence-electron chi connectivity index (χ1n) is 8.92. The van der Waals surface area contributed by atoms with Gasteiger partial charge in [-0.25, -0.2) is 0 Å². The smallest absolute Gasteiger partial charge is 0.416 e. The minimum Gasteiger partial charge on any atom is -0.497 e. The summed E-state index contributed by atoms with van der Waals surface area (Å²) in [7, 11) is 1.56. The Balaban J connectivity index is 1.80. The fraction of sp³-hybridized carbons (Fsp3) is 0.130. The van der Waals surface area contributed by atoms with E-state index >= 15 is 0 Å². The molecular formula is C23H16F3NO2. The molecule has 0 N–H and O–H groups in total. The fourth-order valence-corrected chi connectivity index (χ4v) is 3.45. The first-order valence-corrected chi connectivity index (χ1v) is 8.92. The van der Waals surface area contributed by atoms with Crippen molar-refractivity contribution >= 4 is 17.2 Å². The second kappa shape index (κ2) is 7.20. The van der Waals surface area contributed by atoms with Crippen molar-refractivity contribution in [2.75, 3.05) is 7.11 Å². The van der Waals surface area contributed by atoms with Crippen LogP contribution in [0.5, 0.6) is 5.75 Å². The molecule has 1 atom stereocenters. The molecule has 0 amide bonds. The molecule has 0 radical (unpaired) electrons. The highest BCUT2D eigenvalue weighted by atomic mass is 19.4. The molecule has 1 unspecified atom stereocenters. The lowest BCUT2D eigenvalue weighted by Crippen LogP contribution is -2.14. The molecule has 4 rings (SSSR count). The molecule has 3 aromatic carbocycles. The molecule has 0 bridgehead atoms. The third-order valence-corrected chi connectivity index (χ3v) is 4.90. The standard InChI is InChI=1S/C23H16F3NO2/c1-29-17-12-10-16(11-13-17)27-21-18-4-2-3-5-19(18)22(28)20(21)14-6-8-15(9-7-14)23(24,25)26/h2-13,20H,1H3. The summed E-state index contributed by atoms with van der Waals surface area (Å²) in [6.07, 6.45) is -4.43. The lowest BCUT2D eigenvalue weighted by atomic mass is 9.92. The summed E-state index contributed by atoms with van der Waals surface area (Å²) in [6.45, 7) is 0. The topological polar surface area (TPSA) is 38.7 Å². The Bertz CT molecular complexity index is 1080. The molecule has 1 aliphatic carbocycles. The minimum absolute atomic E-state index is 0.173. The summed E-state index contributed by atoms with van der Waals surface area (Å²) in [4.78, 5) is 17.7. The molecule has 6 heteroatoms. The number of carbonyl (C=O) groups excluding carboxylic acids is 1. The number of nitrogens with zero attached hydrogens (tertiary/aromatic N) is 1. The second-order valence-corrected chi connectivity index (χ2v) is 6.66. The van der Waals surface area contributed by atoms with E-state index < -0.39 is 17.7 Å². The monoisotopic (exact) mass is 395 g/mol. The number of hydrogen-bond acceptors (Lipinski definition) is 3. The number of benzene rings is 3. The van der Waals surface area contributed by atoms with Gasteiger partial charge in [-0.3, -0.25) is 9.79 Å². The van der Waals surface area contributed by atoms with Gasteiger partial charge in [0.2, 0.25) is 0 Å². The van der Waals surface area contributed by atoms with Crippen LogP contribution in [0.2, 0.25) is 0 Å². The molecule has 3 aromatic rings. The highest BCUT2D eigenvalue weighted by Crippen LogP contribution is 2.37. The van der Waals surface area contributed by atoms with Crippen LogP contribution in [0, 0.1) is 0 Å². The molecule has 0 fully saturated rings. The number of alkyl halides is 3. The van der Waals surface area contributed by atoms with Crippen LogP contribution in [0.25, 0.3) is 0 Å². The number of Topliss-reactive ketones (excluding diaryl/α,β-unsaturated/α-hetero) is 1. The number of rotatable bonds is 3. The van der Waals surface area contributed by atoms with Gasteiger partial charge >= 0.3 is 6.18 Å². The molecule has 29 heavy (non-hydrogen) atoms. The zero-order valence-corrected chi connectivity index (χ0v) is 15.4. The van der Waals surface area contributed by atoms with Gasteiger partial charge in [-0.2, -0.15) is 13.2 Å². The quantitative estimate of drug-likeness (QED) is 0.561. The molecular weight excluding hydrogens is 379 g/mol. The van der Waals surface area contributed by atoms with Gasteiger partial charge in [0.05, 0.1) is 30.0 Å². The number of ether oxygens (including phenoxy) is 1. The maximum atomic E-state index is 13.1. The number of carbonyl (C=O) groups is 1. The van der Waals surface area contributed by atoms with Crippen LogP contribution in [0.4, 0.5) is 18.9 Å². The lowest BCUT2D eigenvalue weighted by Gasteiger charge is -2.13. The Morgan fingerprint density at radius 3 is 2.07 bits per heavy atom. The van der Waals surface area contributed by atoms with E-state index in [0.29, 0.717) is 33.8 Å². The first kappa shape index (κ1) is 18.9. The van der Waals surface area contributed by atoms with Crippen molar-refractivity contribution in [1.82, 2.24) is 0 Å². The Kier molecular flexibility index (Phi) is 4.70. The van der Waals surface area contributed by atoms with Crippen molar-refractivity contribution in [3.63, 3.8) is 0 Å². The minimum atomic E-state index is -4.43. The third-order valence-electron chi connectivity index (χ3n) is 4.90. The van der Waals surface area contributed by atoms with E-state index in [0.717, 1.165) is 12.1 Å². The molecule has 0 saturated heterocycles. The molecule has 0 heterocycles. The van der Waals surface area contributed by atoms with E-state index in [1.807, 2.05) is 6.07 Å². The molecule has 146 valence electrons. The van der Waals surface area contributed by atoms with Crippen LogP contribution in [0.1, 0.15) is 33.0 Å². The molecule has 0 aromatic heterocycles. The van der Waals surface area contributed by atoms with Crippen molar-refractivity contribution in [1.29, 1.82) is 0 Å². The van der Waals surface area contributed by atoms with Crippen molar-refractivity contribution in [2.24, 2.45) is 4.99 Å². The van der Waals surface area contributed by atoms with Crippen molar-refractivity contribution in [3.8, 4) is 5.75 Å². The van der Waals surface area contributed by atoms with E-state index in [1.165, 1.54) is 12.1 Å². The Morgan fingerprint density at radius 2 is 1.48 bits per heavy atom. The summed E-state index contributed by atoms with van der Waals surface area (Å²) in [6, 6.07) is 18.8. The van der Waals surface area contributed by atoms with E-state index in [9.17, 15) is 18.0 Å². The van der Waals surface area contributed by atoms with Gasteiger partial charge in [0.25, 0.3) is 0 Å². The fourth-order valence-electron chi connectivity index (χ4n) is 3.45. The largest absolute Gasteiger partial charge is 0.497 e. The van der Waals surface area contributed by atoms with Gasteiger partial charge in [-0.1, -0.05) is 36.4 Å². The number of halogens is 3. The van der Waals surface area contributed by atoms with E-state index in [-0.39, 0.29) is 5.78 Å². The van der Waals surface area contributed by atoms with Crippen LogP contribution < -0.4 is 4.74 Å². The molecule has 0 saturated carbocycles. The van der Waals surface area contributed by atoms with E-state index in [4.69, 9.17) is 4.74 Å². The van der Waals surface area contributed by atoms with Crippen LogP contribution in [-0.2, 0) is 6.18 Å². The molecule has 1 aliphatic rings. The number of methoxy groups -OCH3 is 1. The number of fused-ring (bicyclic) bond motifs is 1. The van der Waals surface area contributed by atoms with E-state index in [1.54, 1.807) is 49.6 Å². The normalized spacial score (nSPS) is 17.4. The van der Waals surface area contributed by atoms with Crippen LogP contribution >= 0.6 is 0 Å². The number of aliphatic imine (C=N–C) groups is 1. The zero-order chi connectivity index (χ0) is 20.6. The lowest BCUT2D eigenvalue weighted by molar-refractivity contribution is -0.137. The van der Waals surface area contributed by atoms with Gasteiger partial charge in [-0.15, -0.1) is 0 Å². The summed E-state index contributed by atoms with van der Waals surface area (Å²) in [5, 5.41) is 0. The summed E-state index contributed by atoms with van der Waals surface area (Å²) in [5.74, 6) is -0.249. The molecule has 0 spiro atoms.